The molecule has 0 saturated carbocycles. The molecule has 4 heteroatoms. The van der Waals surface area contributed by atoms with E-state index in [2.05, 4.69) is 109 Å². The summed E-state index contributed by atoms with van der Waals surface area (Å²) in [6, 6.07) is 39.6. The summed E-state index contributed by atoms with van der Waals surface area (Å²) < 4.78 is 0. The first-order valence-electron chi connectivity index (χ1n) is 14.9. The van der Waals surface area contributed by atoms with E-state index in [1.807, 2.05) is 74.0 Å². The van der Waals surface area contributed by atoms with Gasteiger partial charge in [-0.1, -0.05) is 55.8 Å². The second-order valence-corrected chi connectivity index (χ2v) is 11.8. The van der Waals surface area contributed by atoms with Crippen LogP contribution >= 0.6 is 0 Å². The van der Waals surface area contributed by atoms with Crippen molar-refractivity contribution in [1.29, 1.82) is 0 Å². The summed E-state index contributed by atoms with van der Waals surface area (Å²) in [6.07, 6.45) is 7.93. The summed E-state index contributed by atoms with van der Waals surface area (Å²) >= 11 is 0. The zero-order valence-corrected chi connectivity index (χ0v) is 28.6. The van der Waals surface area contributed by atoms with E-state index in [4.69, 9.17) is 0 Å². The number of allylic oxidation sites excluding steroid dienone is 1. The van der Waals surface area contributed by atoms with Crippen LogP contribution in [0.5, 0.6) is 0 Å². The molecule has 0 N–H and O–H groups in total. The van der Waals surface area contributed by atoms with E-state index < -0.39 is 0 Å². The molecular weight excluding hydrogens is 727 g/mol. The fourth-order valence-corrected chi connectivity index (χ4v) is 5.80. The third kappa shape index (κ3) is 6.78. The molecule has 0 fully saturated rings. The van der Waals surface area contributed by atoms with Crippen molar-refractivity contribution >= 4 is 11.6 Å². The molecule has 6 aromatic rings. The maximum atomic E-state index is 4.62. The molecule has 0 atom stereocenters. The van der Waals surface area contributed by atoms with Crippen LogP contribution in [0.25, 0.3) is 45.3 Å². The van der Waals surface area contributed by atoms with Gasteiger partial charge in [-0.3, -0.25) is 4.98 Å². The van der Waals surface area contributed by atoms with Crippen LogP contribution in [0.3, 0.4) is 0 Å². The van der Waals surface area contributed by atoms with Gasteiger partial charge in [0.2, 0.25) is 0 Å². The van der Waals surface area contributed by atoms with Crippen LogP contribution in [-0.2, 0) is 25.5 Å². The third-order valence-corrected chi connectivity index (χ3v) is 8.29. The van der Waals surface area contributed by atoms with Gasteiger partial charge in [-0.05, 0) is 89.8 Å². The van der Waals surface area contributed by atoms with Crippen molar-refractivity contribution in [2.24, 2.45) is 0 Å². The first-order valence-corrected chi connectivity index (χ1v) is 14.9. The van der Waals surface area contributed by atoms with Gasteiger partial charge in [-0.25, -0.2) is 0 Å². The summed E-state index contributed by atoms with van der Waals surface area (Å²) in [5.74, 6) is 0. The van der Waals surface area contributed by atoms with Crippen LogP contribution in [0.1, 0.15) is 47.4 Å². The van der Waals surface area contributed by atoms with Gasteiger partial charge in [-0.2, -0.15) is 0 Å². The standard InChI is InChI=1S/C29H25N2.C12H10N.Ir/c1-19-13-15-31-28(16-19)22-9-7-8-21(17-22)23-11-12-25-24(20(23)2)18-26(29(25,3)4)27-10-5-6-14-30-27;1-10-7-8-12(13-9-10)11-5-3-2-4-6-11;/h5-8,10-18H,1-4H3;2-5,7-9H,1H3;/q2*-1;. The summed E-state index contributed by atoms with van der Waals surface area (Å²) in [4.78, 5) is 13.5. The number of hydrogen-bond donors (Lipinski definition) is 0. The van der Waals surface area contributed by atoms with E-state index >= 15 is 0 Å². The van der Waals surface area contributed by atoms with Crippen LogP contribution in [0.2, 0.25) is 0 Å². The molecule has 3 heterocycles. The van der Waals surface area contributed by atoms with Crippen LogP contribution < -0.4 is 0 Å². The Labute approximate surface area is 280 Å². The van der Waals surface area contributed by atoms with Crippen molar-refractivity contribution in [2.75, 3.05) is 0 Å². The molecule has 0 spiro atoms. The van der Waals surface area contributed by atoms with Crippen molar-refractivity contribution in [3.63, 3.8) is 0 Å². The SMILES string of the molecule is Cc1ccc(-c2[c-]cccc2)nc1.Cc1ccnc(-c2[c-]ccc(-c3ccc4c(c3C)C=C(c3ccccn3)C4(C)C)c2)c1.[Ir]. The number of benzene rings is 3. The molecule has 45 heavy (non-hydrogen) atoms. The number of aryl methyl sites for hydroxylation is 2. The Kier molecular flexibility index (Phi) is 9.68. The minimum absolute atomic E-state index is 0. The van der Waals surface area contributed by atoms with Gasteiger partial charge in [0.15, 0.2) is 0 Å². The van der Waals surface area contributed by atoms with E-state index in [0.29, 0.717) is 0 Å². The zero-order valence-electron chi connectivity index (χ0n) is 26.2. The molecular formula is C41H35IrN3-2. The second-order valence-electron chi connectivity index (χ2n) is 11.8. The van der Waals surface area contributed by atoms with E-state index in [0.717, 1.165) is 28.2 Å². The fraction of sp³-hybridized carbons (Fsp3) is 0.146. The molecule has 225 valence electrons. The molecule has 1 radical (unpaired) electrons. The van der Waals surface area contributed by atoms with Gasteiger partial charge < -0.3 is 9.97 Å². The first kappa shape index (κ1) is 31.9. The molecule has 0 unspecified atom stereocenters. The predicted octanol–water partition coefficient (Wildman–Crippen LogP) is 9.91. The second kappa shape index (κ2) is 13.6. The van der Waals surface area contributed by atoms with E-state index in [1.165, 1.54) is 44.5 Å². The Morgan fingerprint density at radius 2 is 1.42 bits per heavy atom. The monoisotopic (exact) mass is 762 g/mol. The number of rotatable bonds is 4. The average molecular weight is 762 g/mol. The topological polar surface area (TPSA) is 38.7 Å². The maximum Gasteiger partial charge on any atom is 0.0670 e. The van der Waals surface area contributed by atoms with Crippen molar-refractivity contribution in [2.45, 2.75) is 40.0 Å². The smallest absolute Gasteiger partial charge is 0.0670 e. The average Bonchev–Trinajstić information content (AvgIpc) is 3.33. The molecule has 3 nitrogen and oxygen atoms in total. The van der Waals surface area contributed by atoms with Gasteiger partial charge in [-0.15, -0.1) is 71.3 Å². The fourth-order valence-electron chi connectivity index (χ4n) is 5.80. The van der Waals surface area contributed by atoms with Crippen molar-refractivity contribution < 1.29 is 20.1 Å². The number of fused-ring (bicyclic) bond motifs is 1. The maximum absolute atomic E-state index is 4.62. The summed E-state index contributed by atoms with van der Waals surface area (Å²) in [5.41, 5.74) is 15.0. The third-order valence-electron chi connectivity index (χ3n) is 8.29. The zero-order chi connectivity index (χ0) is 30.7. The van der Waals surface area contributed by atoms with Gasteiger partial charge in [0.1, 0.15) is 0 Å². The Morgan fingerprint density at radius 3 is 2.13 bits per heavy atom. The molecule has 7 rings (SSSR count). The van der Waals surface area contributed by atoms with Crippen LogP contribution in [-0.4, -0.2) is 15.0 Å². The Morgan fingerprint density at radius 1 is 0.622 bits per heavy atom. The summed E-state index contributed by atoms with van der Waals surface area (Å²) in [5, 5.41) is 0. The minimum Gasteiger partial charge on any atom is -0.305 e. The van der Waals surface area contributed by atoms with E-state index in [-0.39, 0.29) is 25.5 Å². The molecule has 0 bridgehead atoms. The molecule has 1 aliphatic rings. The quantitative estimate of drug-likeness (QED) is 0.168. The Balaban J connectivity index is 0.000000240. The predicted molar refractivity (Wildman–Crippen MR) is 182 cm³/mol. The van der Waals surface area contributed by atoms with Crippen molar-refractivity contribution in [3.05, 3.63) is 161 Å². The summed E-state index contributed by atoms with van der Waals surface area (Å²) in [6.45, 7) is 10.9. The van der Waals surface area contributed by atoms with Gasteiger partial charge in [0, 0.05) is 44.1 Å². The molecule has 3 aromatic carbocycles. The molecule has 0 aliphatic heterocycles. The van der Waals surface area contributed by atoms with Crippen molar-refractivity contribution in [1.82, 2.24) is 15.0 Å². The van der Waals surface area contributed by atoms with E-state index in [9.17, 15) is 0 Å². The van der Waals surface area contributed by atoms with Crippen molar-refractivity contribution in [3.8, 4) is 33.6 Å². The van der Waals surface area contributed by atoms with Crippen LogP contribution in [0.4, 0.5) is 0 Å². The number of pyridine rings is 3. The number of nitrogens with zero attached hydrogens (tertiary/aromatic N) is 3. The summed E-state index contributed by atoms with van der Waals surface area (Å²) in [7, 11) is 0. The van der Waals surface area contributed by atoms with Crippen LogP contribution in [0.15, 0.2) is 116 Å². The van der Waals surface area contributed by atoms with Crippen LogP contribution in [0, 0.1) is 32.9 Å². The molecule has 0 amide bonds. The Hall–Kier alpha value is -4.50. The van der Waals surface area contributed by atoms with Gasteiger partial charge in [0.25, 0.3) is 0 Å². The molecule has 1 aliphatic carbocycles. The normalized spacial score (nSPS) is 12.7. The van der Waals surface area contributed by atoms with E-state index in [1.54, 1.807) is 0 Å². The number of aromatic nitrogens is 3. The largest absolute Gasteiger partial charge is 0.305 e. The van der Waals surface area contributed by atoms with Gasteiger partial charge in [0.05, 0.1) is 5.69 Å². The first-order chi connectivity index (χ1) is 21.3. The Bertz CT molecular complexity index is 1940. The number of hydrogen-bond acceptors (Lipinski definition) is 3. The molecule has 0 saturated heterocycles. The van der Waals surface area contributed by atoms with Gasteiger partial charge >= 0.3 is 0 Å². The molecule has 3 aromatic heterocycles. The minimum atomic E-state index is -0.0753.